The van der Waals surface area contributed by atoms with Crippen LogP contribution in [0.3, 0.4) is 0 Å². The molecule has 3 aliphatic carbocycles. The lowest BCUT2D eigenvalue weighted by Crippen LogP contribution is -2.18. The Bertz CT molecular complexity index is 3330. The second-order valence-corrected chi connectivity index (χ2v) is 19.7. The molecule has 1 heteroatoms. The van der Waals surface area contributed by atoms with Gasteiger partial charge in [0.05, 0.1) is 0 Å². The van der Waals surface area contributed by atoms with E-state index in [-0.39, 0.29) is 16.2 Å². The van der Waals surface area contributed by atoms with Crippen LogP contribution >= 0.6 is 0 Å². The number of hydrogen-bond donors (Lipinski definition) is 0. The number of hydrogen-bond acceptors (Lipinski definition) is 1. The third kappa shape index (κ3) is 5.56. The molecule has 1 nitrogen and oxygen atoms in total. The Kier molecular flexibility index (Phi) is 8.35. The molecule has 308 valence electrons. The third-order valence-corrected chi connectivity index (χ3v) is 15.1. The maximum atomic E-state index is 2.55. The van der Waals surface area contributed by atoms with Gasteiger partial charge < -0.3 is 4.90 Å². The van der Waals surface area contributed by atoms with Crippen molar-refractivity contribution in [2.45, 2.75) is 57.8 Å². The molecular weight excluding hydrogens is 771 g/mol. The molecule has 0 saturated carbocycles. The smallest absolute Gasteiger partial charge is 0.0468 e. The molecule has 0 heterocycles. The molecule has 3 aliphatic rings. The molecule has 0 aromatic heterocycles. The monoisotopic (exact) mass is 821 g/mol. The van der Waals surface area contributed by atoms with Gasteiger partial charge in [-0.1, -0.05) is 193 Å². The van der Waals surface area contributed by atoms with E-state index < -0.39 is 0 Å². The van der Waals surface area contributed by atoms with E-state index in [4.69, 9.17) is 0 Å². The lowest BCUT2D eigenvalue weighted by Gasteiger charge is -2.30. The SMILES string of the molecule is CC1(C)c2ccccc2-c2cc(N(c3ccc(-c4ccccc4)c(-c4ccccc4)c3)c3ccc4c(c3)C(C)(C)c3cc5c(cc3-4)C(C)(C)c3cccc(-c4ccccc4)c3-5)ccc21. The zero-order valence-electron chi connectivity index (χ0n) is 37.5. The number of benzene rings is 9. The quantitative estimate of drug-likeness (QED) is 0.161. The molecule has 0 bridgehead atoms. The molecule has 0 unspecified atom stereocenters. The second-order valence-electron chi connectivity index (χ2n) is 19.7. The first-order valence-electron chi connectivity index (χ1n) is 22.8. The largest absolute Gasteiger partial charge is 0.310 e. The number of nitrogens with zero attached hydrogens (tertiary/aromatic N) is 1. The highest BCUT2D eigenvalue weighted by Crippen LogP contribution is 2.59. The van der Waals surface area contributed by atoms with Gasteiger partial charge in [-0.2, -0.15) is 0 Å². The van der Waals surface area contributed by atoms with Crippen LogP contribution in [0, 0.1) is 0 Å². The van der Waals surface area contributed by atoms with E-state index in [1.54, 1.807) is 0 Å². The minimum absolute atomic E-state index is 0.0757. The van der Waals surface area contributed by atoms with Gasteiger partial charge in [0.2, 0.25) is 0 Å². The summed E-state index contributed by atoms with van der Waals surface area (Å²) in [5.74, 6) is 0. The molecular formula is C63H51N. The molecule has 0 radical (unpaired) electrons. The van der Waals surface area contributed by atoms with Crippen LogP contribution in [0.4, 0.5) is 17.1 Å². The first-order valence-corrected chi connectivity index (χ1v) is 22.8. The molecule has 0 aliphatic heterocycles. The van der Waals surface area contributed by atoms with Crippen molar-refractivity contribution in [3.63, 3.8) is 0 Å². The van der Waals surface area contributed by atoms with Gasteiger partial charge in [0.1, 0.15) is 0 Å². The normalized spacial score (nSPS) is 15.1. The Morgan fingerprint density at radius 3 is 1.34 bits per heavy atom. The van der Waals surface area contributed by atoms with Crippen molar-refractivity contribution < 1.29 is 0 Å². The highest BCUT2D eigenvalue weighted by Gasteiger charge is 2.43. The summed E-state index contributed by atoms with van der Waals surface area (Å²) in [4.78, 5) is 2.50. The first-order chi connectivity index (χ1) is 31.0. The zero-order valence-corrected chi connectivity index (χ0v) is 37.5. The van der Waals surface area contributed by atoms with Gasteiger partial charge in [0, 0.05) is 33.3 Å². The first kappa shape index (κ1) is 38.5. The molecule has 64 heavy (non-hydrogen) atoms. The molecule has 0 N–H and O–H groups in total. The van der Waals surface area contributed by atoms with E-state index in [1.165, 1.54) is 100 Å². The van der Waals surface area contributed by atoms with Crippen molar-refractivity contribution in [2.75, 3.05) is 4.90 Å². The summed E-state index contributed by atoms with van der Waals surface area (Å²) < 4.78 is 0. The predicted molar refractivity (Wildman–Crippen MR) is 270 cm³/mol. The fourth-order valence-electron chi connectivity index (χ4n) is 11.7. The van der Waals surface area contributed by atoms with Gasteiger partial charge in [0.25, 0.3) is 0 Å². The van der Waals surface area contributed by atoms with Crippen LogP contribution in [-0.4, -0.2) is 0 Å². The average Bonchev–Trinajstić information content (AvgIpc) is 3.80. The van der Waals surface area contributed by atoms with Gasteiger partial charge in [-0.05, 0) is 149 Å². The van der Waals surface area contributed by atoms with Crippen LogP contribution in [0.15, 0.2) is 200 Å². The van der Waals surface area contributed by atoms with Crippen LogP contribution in [0.5, 0.6) is 0 Å². The van der Waals surface area contributed by atoms with E-state index >= 15 is 0 Å². The summed E-state index contributed by atoms with van der Waals surface area (Å²) in [5.41, 5.74) is 26.8. The van der Waals surface area contributed by atoms with Gasteiger partial charge >= 0.3 is 0 Å². The summed E-state index contributed by atoms with van der Waals surface area (Å²) in [6.07, 6.45) is 0. The maximum absolute atomic E-state index is 2.55. The number of fused-ring (bicyclic) bond motifs is 9. The molecule has 0 atom stereocenters. The van der Waals surface area contributed by atoms with Crippen molar-refractivity contribution in [1.82, 2.24) is 0 Å². The topological polar surface area (TPSA) is 3.24 Å². The van der Waals surface area contributed by atoms with E-state index in [9.17, 15) is 0 Å². The highest BCUT2D eigenvalue weighted by atomic mass is 15.1. The Hall–Kier alpha value is -7.22. The fourth-order valence-corrected chi connectivity index (χ4v) is 11.7. The molecule has 0 fully saturated rings. The lowest BCUT2D eigenvalue weighted by atomic mass is 9.79. The summed E-state index contributed by atoms with van der Waals surface area (Å²) in [6, 6.07) is 75.0. The molecule has 9 aromatic carbocycles. The summed E-state index contributed by atoms with van der Waals surface area (Å²) in [6.45, 7) is 14.4. The number of anilines is 3. The van der Waals surface area contributed by atoms with Crippen molar-refractivity contribution in [1.29, 1.82) is 0 Å². The van der Waals surface area contributed by atoms with E-state index in [0.717, 1.165) is 17.1 Å². The standard InChI is InChI=1S/C63H51N/c1-61(2)54-27-17-16-25-48(54)51-36-44(31-34-55(51)61)64(43-29-32-46(40-19-10-7-11-20-40)50(35-43)42-23-14-9-15-24-42)45-30-33-49-52-38-59-53(39-58(52)63(5,6)57(49)37-45)60-47(41-21-12-8-13-22-41)26-18-28-56(60)62(59,3)4/h7-39H,1-6H3. The van der Waals surface area contributed by atoms with E-state index in [0.29, 0.717) is 0 Å². The molecule has 0 spiro atoms. The minimum Gasteiger partial charge on any atom is -0.310 e. The summed E-state index contributed by atoms with van der Waals surface area (Å²) in [5, 5.41) is 0. The fraction of sp³-hybridized carbons (Fsp3) is 0.143. The Morgan fingerprint density at radius 1 is 0.250 bits per heavy atom. The van der Waals surface area contributed by atoms with E-state index in [1.807, 2.05) is 0 Å². The van der Waals surface area contributed by atoms with Crippen LogP contribution in [0.2, 0.25) is 0 Å². The molecule has 9 aromatic rings. The average molecular weight is 822 g/mol. The third-order valence-electron chi connectivity index (χ3n) is 15.1. The Balaban J connectivity index is 1.05. The molecule has 0 amide bonds. The van der Waals surface area contributed by atoms with Crippen LogP contribution in [-0.2, 0) is 16.2 Å². The minimum atomic E-state index is -0.233. The summed E-state index contributed by atoms with van der Waals surface area (Å²) in [7, 11) is 0. The Labute approximate surface area is 378 Å². The lowest BCUT2D eigenvalue weighted by molar-refractivity contribution is 0.652. The predicted octanol–water partition coefficient (Wildman–Crippen LogP) is 17.1. The second kappa shape index (κ2) is 13.9. The van der Waals surface area contributed by atoms with Crippen LogP contribution < -0.4 is 4.90 Å². The molecule has 12 rings (SSSR count). The number of rotatable bonds is 6. The zero-order chi connectivity index (χ0) is 43.5. The molecule has 0 saturated heterocycles. The van der Waals surface area contributed by atoms with Crippen molar-refractivity contribution in [3.05, 3.63) is 234 Å². The van der Waals surface area contributed by atoms with Gasteiger partial charge in [-0.15, -0.1) is 0 Å². The highest BCUT2D eigenvalue weighted by molar-refractivity contribution is 5.97. The van der Waals surface area contributed by atoms with Crippen molar-refractivity contribution >= 4 is 17.1 Å². The Morgan fingerprint density at radius 2 is 0.656 bits per heavy atom. The van der Waals surface area contributed by atoms with Gasteiger partial charge in [-0.3, -0.25) is 0 Å². The van der Waals surface area contributed by atoms with Crippen LogP contribution in [0.1, 0.15) is 74.9 Å². The van der Waals surface area contributed by atoms with Gasteiger partial charge in [-0.25, -0.2) is 0 Å². The summed E-state index contributed by atoms with van der Waals surface area (Å²) >= 11 is 0. The van der Waals surface area contributed by atoms with Crippen molar-refractivity contribution in [3.8, 4) is 66.8 Å². The maximum Gasteiger partial charge on any atom is 0.0468 e. The van der Waals surface area contributed by atoms with E-state index in [2.05, 4.69) is 247 Å². The van der Waals surface area contributed by atoms with Crippen LogP contribution in [0.25, 0.3) is 66.8 Å². The van der Waals surface area contributed by atoms with Gasteiger partial charge in [0.15, 0.2) is 0 Å². The van der Waals surface area contributed by atoms with Crippen molar-refractivity contribution in [2.24, 2.45) is 0 Å².